The number of ether oxygens (including phenoxy) is 2. The van der Waals surface area contributed by atoms with E-state index in [2.05, 4.69) is 5.32 Å². The van der Waals surface area contributed by atoms with Gasteiger partial charge in [-0.2, -0.15) is 0 Å². The monoisotopic (exact) mass is 327 g/mol. The molecule has 0 spiro atoms. The van der Waals surface area contributed by atoms with Gasteiger partial charge in [0.25, 0.3) is 5.91 Å². The first-order valence-corrected chi connectivity index (χ1v) is 7.87. The number of carbonyl (C=O) groups is 2. The summed E-state index contributed by atoms with van der Waals surface area (Å²) in [5.74, 6) is 0.810. The molecule has 0 unspecified atom stereocenters. The third-order valence-corrected chi connectivity index (χ3v) is 3.33. The molecule has 0 bridgehead atoms. The number of ketones is 1. The Kier molecular flexibility index (Phi) is 5.95. The van der Waals surface area contributed by atoms with Crippen LogP contribution in [0.2, 0.25) is 0 Å². The Bertz CT molecular complexity index is 740. The van der Waals surface area contributed by atoms with E-state index in [-0.39, 0.29) is 11.7 Å². The van der Waals surface area contributed by atoms with Gasteiger partial charge >= 0.3 is 0 Å². The fraction of sp³-hybridized carbons (Fsp3) is 0.263. The van der Waals surface area contributed by atoms with E-state index in [9.17, 15) is 9.59 Å². The number of carbonyl (C=O) groups excluding carboxylic acids is 2. The third kappa shape index (κ3) is 4.35. The molecule has 1 amide bonds. The Hall–Kier alpha value is -2.82. The summed E-state index contributed by atoms with van der Waals surface area (Å²) in [5.41, 5.74) is 1.57. The average Bonchev–Trinajstić information content (AvgIpc) is 2.57. The number of benzene rings is 2. The number of anilines is 1. The first kappa shape index (κ1) is 17.5. The topological polar surface area (TPSA) is 64.6 Å². The van der Waals surface area contributed by atoms with Crippen LogP contribution in [0.15, 0.2) is 42.5 Å². The third-order valence-electron chi connectivity index (χ3n) is 3.33. The van der Waals surface area contributed by atoms with Gasteiger partial charge in [0.1, 0.15) is 0 Å². The van der Waals surface area contributed by atoms with E-state index in [4.69, 9.17) is 9.47 Å². The lowest BCUT2D eigenvalue weighted by Crippen LogP contribution is -2.12. The van der Waals surface area contributed by atoms with Gasteiger partial charge < -0.3 is 14.8 Å². The Labute approximate surface area is 141 Å². The van der Waals surface area contributed by atoms with Crippen molar-refractivity contribution >= 4 is 17.4 Å². The molecule has 2 rings (SSSR count). The zero-order chi connectivity index (χ0) is 17.5. The van der Waals surface area contributed by atoms with Crippen molar-refractivity contribution in [2.45, 2.75) is 20.8 Å². The van der Waals surface area contributed by atoms with Crippen molar-refractivity contribution in [2.24, 2.45) is 0 Å². The molecule has 2 aromatic rings. The number of rotatable bonds is 7. The van der Waals surface area contributed by atoms with Gasteiger partial charge in [0.2, 0.25) is 0 Å². The highest BCUT2D eigenvalue weighted by Gasteiger charge is 2.12. The van der Waals surface area contributed by atoms with E-state index in [1.54, 1.807) is 42.5 Å². The molecular weight excluding hydrogens is 306 g/mol. The number of hydrogen-bond donors (Lipinski definition) is 1. The smallest absolute Gasteiger partial charge is 0.255 e. The molecule has 0 saturated carbocycles. The fourth-order valence-electron chi connectivity index (χ4n) is 2.21. The van der Waals surface area contributed by atoms with Crippen LogP contribution in [-0.2, 0) is 0 Å². The van der Waals surface area contributed by atoms with Crippen LogP contribution in [0.1, 0.15) is 41.5 Å². The summed E-state index contributed by atoms with van der Waals surface area (Å²) in [6.45, 7) is 6.24. The first-order valence-electron chi connectivity index (χ1n) is 7.87. The second kappa shape index (κ2) is 8.15. The molecule has 0 aliphatic rings. The summed E-state index contributed by atoms with van der Waals surface area (Å²) < 4.78 is 11.0. The van der Waals surface area contributed by atoms with Crippen LogP contribution < -0.4 is 14.8 Å². The number of amides is 1. The largest absolute Gasteiger partial charge is 0.490 e. The molecule has 0 aliphatic heterocycles. The van der Waals surface area contributed by atoms with Crippen molar-refractivity contribution < 1.29 is 19.1 Å². The molecule has 0 aliphatic carbocycles. The first-order chi connectivity index (χ1) is 11.5. The van der Waals surface area contributed by atoms with Crippen LogP contribution in [0.5, 0.6) is 11.5 Å². The van der Waals surface area contributed by atoms with Crippen LogP contribution in [0.25, 0.3) is 0 Å². The van der Waals surface area contributed by atoms with E-state index >= 15 is 0 Å². The van der Waals surface area contributed by atoms with Crippen molar-refractivity contribution in [3.05, 3.63) is 53.6 Å². The van der Waals surface area contributed by atoms with E-state index < -0.39 is 0 Å². The lowest BCUT2D eigenvalue weighted by molar-refractivity contribution is 0.101. The quantitative estimate of drug-likeness (QED) is 0.782. The maximum Gasteiger partial charge on any atom is 0.255 e. The second-order valence-corrected chi connectivity index (χ2v) is 5.12. The number of nitrogens with one attached hydrogen (secondary N) is 1. The molecule has 126 valence electrons. The van der Waals surface area contributed by atoms with Gasteiger partial charge in [0.15, 0.2) is 17.3 Å². The maximum atomic E-state index is 12.4. The molecule has 0 saturated heterocycles. The van der Waals surface area contributed by atoms with Gasteiger partial charge in [-0.25, -0.2) is 0 Å². The van der Waals surface area contributed by atoms with Crippen LogP contribution in [0.4, 0.5) is 5.69 Å². The van der Waals surface area contributed by atoms with Crippen LogP contribution >= 0.6 is 0 Å². The lowest BCUT2D eigenvalue weighted by Gasteiger charge is -2.12. The zero-order valence-corrected chi connectivity index (χ0v) is 14.1. The van der Waals surface area contributed by atoms with Crippen molar-refractivity contribution in [1.29, 1.82) is 0 Å². The van der Waals surface area contributed by atoms with Gasteiger partial charge in [-0.3, -0.25) is 9.59 Å². The highest BCUT2D eigenvalue weighted by atomic mass is 16.5. The van der Waals surface area contributed by atoms with Crippen molar-refractivity contribution in [2.75, 3.05) is 18.5 Å². The van der Waals surface area contributed by atoms with E-state index in [1.807, 2.05) is 13.8 Å². The SMILES string of the molecule is CCOc1ccc(C(=O)Nc2cccc(C(C)=O)c2)cc1OCC. The Morgan fingerprint density at radius 2 is 1.62 bits per heavy atom. The molecule has 0 aromatic heterocycles. The Balaban J connectivity index is 2.21. The predicted octanol–water partition coefficient (Wildman–Crippen LogP) is 3.94. The highest BCUT2D eigenvalue weighted by Crippen LogP contribution is 2.29. The predicted molar refractivity (Wildman–Crippen MR) is 93.2 cm³/mol. The normalized spacial score (nSPS) is 10.1. The molecular formula is C19H21NO4. The van der Waals surface area contributed by atoms with E-state index in [1.165, 1.54) is 6.92 Å². The summed E-state index contributed by atoms with van der Waals surface area (Å²) in [6, 6.07) is 11.9. The lowest BCUT2D eigenvalue weighted by atomic mass is 10.1. The minimum Gasteiger partial charge on any atom is -0.490 e. The summed E-state index contributed by atoms with van der Waals surface area (Å²) in [4.78, 5) is 23.9. The summed E-state index contributed by atoms with van der Waals surface area (Å²) >= 11 is 0. The van der Waals surface area contributed by atoms with Crippen molar-refractivity contribution in [1.82, 2.24) is 0 Å². The van der Waals surface area contributed by atoms with Gasteiger partial charge in [0.05, 0.1) is 13.2 Å². The number of hydrogen-bond acceptors (Lipinski definition) is 4. The van der Waals surface area contributed by atoms with Crippen molar-refractivity contribution in [3.63, 3.8) is 0 Å². The molecule has 24 heavy (non-hydrogen) atoms. The van der Waals surface area contributed by atoms with E-state index in [0.29, 0.717) is 41.5 Å². The molecule has 0 heterocycles. The fourth-order valence-corrected chi connectivity index (χ4v) is 2.21. The Morgan fingerprint density at radius 3 is 2.29 bits per heavy atom. The molecule has 0 atom stereocenters. The van der Waals surface area contributed by atoms with Gasteiger partial charge in [-0.15, -0.1) is 0 Å². The summed E-state index contributed by atoms with van der Waals surface area (Å²) in [6.07, 6.45) is 0. The molecule has 5 heteroatoms. The maximum absolute atomic E-state index is 12.4. The Morgan fingerprint density at radius 1 is 0.917 bits per heavy atom. The highest BCUT2D eigenvalue weighted by molar-refractivity contribution is 6.05. The molecule has 2 aromatic carbocycles. The summed E-state index contributed by atoms with van der Waals surface area (Å²) in [5, 5.41) is 2.79. The molecule has 0 fully saturated rings. The van der Waals surface area contributed by atoms with Gasteiger partial charge in [-0.1, -0.05) is 12.1 Å². The second-order valence-electron chi connectivity index (χ2n) is 5.12. The van der Waals surface area contributed by atoms with E-state index in [0.717, 1.165) is 0 Å². The molecule has 1 N–H and O–H groups in total. The average molecular weight is 327 g/mol. The molecule has 5 nitrogen and oxygen atoms in total. The number of Topliss-reactive ketones (excluding diaryl/α,β-unsaturated/α-hetero) is 1. The minimum atomic E-state index is -0.278. The van der Waals surface area contributed by atoms with Crippen molar-refractivity contribution in [3.8, 4) is 11.5 Å². The van der Waals surface area contributed by atoms with Crippen LogP contribution in [0.3, 0.4) is 0 Å². The zero-order valence-electron chi connectivity index (χ0n) is 14.1. The van der Waals surface area contributed by atoms with Gasteiger partial charge in [-0.05, 0) is 51.1 Å². The minimum absolute atomic E-state index is 0.0502. The van der Waals surface area contributed by atoms with Crippen LogP contribution in [-0.4, -0.2) is 24.9 Å². The van der Waals surface area contributed by atoms with Crippen LogP contribution in [0, 0.1) is 0 Å². The summed E-state index contributed by atoms with van der Waals surface area (Å²) in [7, 11) is 0. The van der Waals surface area contributed by atoms with Gasteiger partial charge in [0, 0.05) is 16.8 Å². The molecule has 0 radical (unpaired) electrons. The standard InChI is InChI=1S/C19H21NO4/c1-4-23-17-10-9-15(12-18(17)24-5-2)19(22)20-16-8-6-7-14(11-16)13(3)21/h6-12H,4-5H2,1-3H3,(H,20,22).